The number of carbonyl (C=O) groups is 1. The lowest BCUT2D eigenvalue weighted by Gasteiger charge is -2.30. The maximum Gasteiger partial charge on any atom is 0.243 e. The number of benzene rings is 2. The number of piperidine rings is 1. The average molecular weight is 420 g/mol. The minimum absolute atomic E-state index is 0.0633. The van der Waals surface area contributed by atoms with E-state index in [1.54, 1.807) is 5.51 Å². The lowest BCUT2D eigenvalue weighted by Crippen LogP contribution is -2.41. The molecule has 6 nitrogen and oxygen atoms in total. The standard InChI is InChI=1S/C19H18FN3O3S2/c20-14-1-4-16(5-2-14)28(25,26)23-9-7-13(8-10-23)19(24)22-15-3-6-18-17(11-15)21-12-27-18/h1-6,11-13H,7-10H2,(H,22,24). The molecule has 0 aliphatic carbocycles. The second-order valence-electron chi connectivity index (χ2n) is 6.66. The Morgan fingerprint density at radius 2 is 1.86 bits per heavy atom. The van der Waals surface area contributed by atoms with Gasteiger partial charge in [-0.2, -0.15) is 4.31 Å². The van der Waals surface area contributed by atoms with Gasteiger partial charge in [0.25, 0.3) is 0 Å². The van der Waals surface area contributed by atoms with E-state index in [9.17, 15) is 17.6 Å². The van der Waals surface area contributed by atoms with Crippen LogP contribution in [0.5, 0.6) is 0 Å². The first-order valence-corrected chi connectivity index (χ1v) is 11.2. The van der Waals surface area contributed by atoms with Crippen LogP contribution in [0.4, 0.5) is 10.1 Å². The van der Waals surface area contributed by atoms with Gasteiger partial charge < -0.3 is 5.32 Å². The molecule has 1 aliphatic rings. The average Bonchev–Trinajstić information content (AvgIpc) is 3.16. The molecule has 28 heavy (non-hydrogen) atoms. The van der Waals surface area contributed by atoms with Crippen molar-refractivity contribution in [2.75, 3.05) is 18.4 Å². The van der Waals surface area contributed by atoms with E-state index in [1.165, 1.54) is 27.8 Å². The second-order valence-corrected chi connectivity index (χ2v) is 9.48. The SMILES string of the molecule is O=C(Nc1ccc2scnc2c1)C1CCN(S(=O)(=O)c2ccc(F)cc2)CC1. The molecule has 1 amide bonds. The molecule has 3 aromatic rings. The van der Waals surface area contributed by atoms with Crippen LogP contribution in [-0.4, -0.2) is 36.7 Å². The van der Waals surface area contributed by atoms with Crippen molar-refractivity contribution in [2.45, 2.75) is 17.7 Å². The third kappa shape index (κ3) is 3.78. The number of thiazole rings is 1. The van der Waals surface area contributed by atoms with E-state index in [2.05, 4.69) is 10.3 Å². The van der Waals surface area contributed by atoms with Gasteiger partial charge >= 0.3 is 0 Å². The minimum Gasteiger partial charge on any atom is -0.326 e. The Morgan fingerprint density at radius 3 is 2.57 bits per heavy atom. The third-order valence-electron chi connectivity index (χ3n) is 4.87. The maximum atomic E-state index is 13.0. The van der Waals surface area contributed by atoms with Crippen molar-refractivity contribution in [3.8, 4) is 0 Å². The summed E-state index contributed by atoms with van der Waals surface area (Å²) in [6.45, 7) is 0.506. The summed E-state index contributed by atoms with van der Waals surface area (Å²) < 4.78 is 40.8. The van der Waals surface area contributed by atoms with E-state index in [0.717, 1.165) is 22.3 Å². The zero-order chi connectivity index (χ0) is 19.7. The third-order valence-corrected chi connectivity index (χ3v) is 7.60. The number of anilines is 1. The van der Waals surface area contributed by atoms with Crippen LogP contribution in [0.3, 0.4) is 0 Å². The first-order valence-electron chi connectivity index (χ1n) is 8.83. The van der Waals surface area contributed by atoms with Gasteiger partial charge in [-0.15, -0.1) is 11.3 Å². The topological polar surface area (TPSA) is 79.4 Å². The van der Waals surface area contributed by atoms with Gasteiger partial charge in [0.2, 0.25) is 15.9 Å². The quantitative estimate of drug-likeness (QED) is 0.702. The number of halogens is 1. The number of amides is 1. The molecule has 1 fully saturated rings. The van der Waals surface area contributed by atoms with E-state index in [4.69, 9.17) is 0 Å². The number of hydrogen-bond donors (Lipinski definition) is 1. The summed E-state index contributed by atoms with van der Waals surface area (Å²) in [4.78, 5) is 16.9. The molecule has 1 aliphatic heterocycles. The molecule has 0 radical (unpaired) electrons. The summed E-state index contributed by atoms with van der Waals surface area (Å²) in [6.07, 6.45) is 0.871. The fourth-order valence-corrected chi connectivity index (χ4v) is 5.42. The number of fused-ring (bicyclic) bond motifs is 1. The molecule has 0 unspecified atom stereocenters. The molecule has 9 heteroatoms. The minimum atomic E-state index is -3.68. The Labute approximate surface area is 166 Å². The predicted octanol–water partition coefficient (Wildman–Crippen LogP) is 3.47. The van der Waals surface area contributed by atoms with Crippen molar-refractivity contribution < 1.29 is 17.6 Å². The summed E-state index contributed by atoms with van der Waals surface area (Å²) in [7, 11) is -3.68. The van der Waals surface area contributed by atoms with E-state index < -0.39 is 15.8 Å². The molecule has 1 saturated heterocycles. The molecule has 4 rings (SSSR count). The van der Waals surface area contributed by atoms with Crippen LogP contribution >= 0.6 is 11.3 Å². The van der Waals surface area contributed by atoms with Gasteiger partial charge in [-0.25, -0.2) is 17.8 Å². The molecule has 146 valence electrons. The lowest BCUT2D eigenvalue weighted by atomic mass is 9.97. The monoisotopic (exact) mass is 419 g/mol. The van der Waals surface area contributed by atoms with Crippen molar-refractivity contribution in [2.24, 2.45) is 5.92 Å². The molecule has 2 aromatic carbocycles. The second kappa shape index (κ2) is 7.57. The van der Waals surface area contributed by atoms with Crippen LogP contribution in [-0.2, 0) is 14.8 Å². The van der Waals surface area contributed by atoms with Gasteiger partial charge in [0.05, 0.1) is 20.6 Å². The van der Waals surface area contributed by atoms with Crippen molar-refractivity contribution in [3.63, 3.8) is 0 Å². The number of nitrogens with zero attached hydrogens (tertiary/aromatic N) is 2. The van der Waals surface area contributed by atoms with Crippen molar-refractivity contribution >= 4 is 43.2 Å². The molecule has 0 saturated carbocycles. The van der Waals surface area contributed by atoms with Gasteiger partial charge in [-0.05, 0) is 55.3 Å². The summed E-state index contributed by atoms with van der Waals surface area (Å²) >= 11 is 1.54. The molecule has 0 bridgehead atoms. The van der Waals surface area contributed by atoms with Crippen LogP contribution < -0.4 is 5.32 Å². The molecule has 0 atom stereocenters. The normalized spacial score (nSPS) is 16.3. The number of rotatable bonds is 4. The lowest BCUT2D eigenvalue weighted by molar-refractivity contribution is -0.120. The highest BCUT2D eigenvalue weighted by Crippen LogP contribution is 2.26. The van der Waals surface area contributed by atoms with Crippen LogP contribution in [0.1, 0.15) is 12.8 Å². The maximum absolute atomic E-state index is 13.0. The van der Waals surface area contributed by atoms with E-state index in [1.807, 2.05) is 18.2 Å². The smallest absolute Gasteiger partial charge is 0.243 e. The highest BCUT2D eigenvalue weighted by molar-refractivity contribution is 7.89. The van der Waals surface area contributed by atoms with Gasteiger partial charge in [0.1, 0.15) is 5.82 Å². The van der Waals surface area contributed by atoms with Gasteiger partial charge in [0.15, 0.2) is 0 Å². The van der Waals surface area contributed by atoms with Crippen LogP contribution in [0.15, 0.2) is 52.9 Å². The van der Waals surface area contributed by atoms with Crippen molar-refractivity contribution in [1.29, 1.82) is 0 Å². The number of aromatic nitrogens is 1. The zero-order valence-electron chi connectivity index (χ0n) is 14.8. The fraction of sp³-hybridized carbons (Fsp3) is 0.263. The zero-order valence-corrected chi connectivity index (χ0v) is 16.5. The van der Waals surface area contributed by atoms with Gasteiger partial charge in [-0.1, -0.05) is 0 Å². The van der Waals surface area contributed by atoms with Gasteiger partial charge in [-0.3, -0.25) is 4.79 Å². The number of carbonyl (C=O) groups excluding carboxylic acids is 1. The summed E-state index contributed by atoms with van der Waals surface area (Å²) in [5.74, 6) is -0.857. The fourth-order valence-electron chi connectivity index (χ4n) is 3.29. The Morgan fingerprint density at radius 1 is 1.14 bits per heavy atom. The van der Waals surface area contributed by atoms with Crippen molar-refractivity contribution in [1.82, 2.24) is 9.29 Å². The number of nitrogens with one attached hydrogen (secondary N) is 1. The van der Waals surface area contributed by atoms with Crippen LogP contribution in [0, 0.1) is 11.7 Å². The number of sulfonamides is 1. The highest BCUT2D eigenvalue weighted by atomic mass is 32.2. The molecule has 1 aromatic heterocycles. The molecular weight excluding hydrogens is 401 g/mol. The van der Waals surface area contributed by atoms with E-state index in [0.29, 0.717) is 18.5 Å². The molecule has 2 heterocycles. The Bertz CT molecular complexity index is 1100. The van der Waals surface area contributed by atoms with Crippen molar-refractivity contribution in [3.05, 3.63) is 53.8 Å². The van der Waals surface area contributed by atoms with Crippen LogP contribution in [0.25, 0.3) is 10.2 Å². The summed E-state index contributed by atoms with van der Waals surface area (Å²) in [6, 6.07) is 10.4. The van der Waals surface area contributed by atoms with Crippen LogP contribution in [0.2, 0.25) is 0 Å². The Hall–Kier alpha value is -2.36. The molecular formula is C19H18FN3O3S2. The molecule has 0 spiro atoms. The first kappa shape index (κ1) is 19.0. The summed E-state index contributed by atoms with van der Waals surface area (Å²) in [5.41, 5.74) is 3.28. The highest BCUT2D eigenvalue weighted by Gasteiger charge is 2.32. The largest absolute Gasteiger partial charge is 0.326 e. The Kier molecular flexibility index (Phi) is 5.13. The van der Waals surface area contributed by atoms with E-state index >= 15 is 0 Å². The first-order chi connectivity index (χ1) is 13.4. The predicted molar refractivity (Wildman–Crippen MR) is 106 cm³/mol. The van der Waals surface area contributed by atoms with E-state index in [-0.39, 0.29) is 29.8 Å². The van der Waals surface area contributed by atoms with Gasteiger partial charge in [0, 0.05) is 24.7 Å². The molecule has 1 N–H and O–H groups in total. The number of hydrogen-bond acceptors (Lipinski definition) is 5. The summed E-state index contributed by atoms with van der Waals surface area (Å²) in [5, 5.41) is 2.90. The Balaban J connectivity index is 1.39.